The van der Waals surface area contributed by atoms with Crippen LogP contribution in [0.4, 0.5) is 20.4 Å². The van der Waals surface area contributed by atoms with Gasteiger partial charge in [-0.25, -0.2) is 18.7 Å². The Hall–Kier alpha value is -1.99. The van der Waals surface area contributed by atoms with Crippen LogP contribution in [0, 0.1) is 24.0 Å². The van der Waals surface area contributed by atoms with E-state index in [-0.39, 0.29) is 29.2 Å². The summed E-state index contributed by atoms with van der Waals surface area (Å²) >= 11 is 5.74. The molecule has 0 spiro atoms. The van der Waals surface area contributed by atoms with E-state index in [1.54, 1.807) is 6.92 Å². The molecule has 1 fully saturated rings. The van der Waals surface area contributed by atoms with Crippen molar-refractivity contribution in [3.8, 4) is 0 Å². The second-order valence-electron chi connectivity index (χ2n) is 7.33. The average Bonchev–Trinajstić information content (AvgIpc) is 2.99. The summed E-state index contributed by atoms with van der Waals surface area (Å²) < 4.78 is 27.2. The van der Waals surface area contributed by atoms with Crippen molar-refractivity contribution in [3.05, 3.63) is 46.2 Å². The van der Waals surface area contributed by atoms with E-state index in [4.69, 9.17) is 11.6 Å². The molecule has 0 bridgehead atoms. The molecule has 1 saturated heterocycles. The second-order valence-corrected chi connectivity index (χ2v) is 7.73. The highest BCUT2D eigenvalue weighted by molar-refractivity contribution is 6.30. The number of nitrogens with zero attached hydrogens (tertiary/aromatic N) is 3. The lowest BCUT2D eigenvalue weighted by atomic mass is 9.86. The minimum Gasteiger partial charge on any atom is -0.396 e. The first-order valence-electron chi connectivity index (χ1n) is 8.88. The Bertz CT molecular complexity index is 836. The van der Waals surface area contributed by atoms with Crippen LogP contribution < -0.4 is 10.2 Å². The predicted molar refractivity (Wildman–Crippen MR) is 102 cm³/mol. The number of halogens is 3. The van der Waals surface area contributed by atoms with E-state index in [0.29, 0.717) is 11.6 Å². The Morgan fingerprint density at radius 2 is 2.04 bits per heavy atom. The van der Waals surface area contributed by atoms with Crippen LogP contribution in [0.2, 0.25) is 5.02 Å². The van der Waals surface area contributed by atoms with Crippen molar-refractivity contribution in [1.82, 2.24) is 9.97 Å². The Kier molecular flexibility index (Phi) is 5.81. The van der Waals surface area contributed by atoms with Crippen molar-refractivity contribution in [2.24, 2.45) is 5.41 Å². The highest BCUT2D eigenvalue weighted by atomic mass is 35.5. The van der Waals surface area contributed by atoms with E-state index in [2.05, 4.69) is 27.1 Å². The lowest BCUT2D eigenvalue weighted by molar-refractivity contribution is 0.213. The molecular formula is C19H23ClF2N4O. The van der Waals surface area contributed by atoms with Crippen molar-refractivity contribution >= 4 is 23.2 Å². The molecule has 0 saturated carbocycles. The first-order chi connectivity index (χ1) is 12.8. The van der Waals surface area contributed by atoms with Crippen molar-refractivity contribution < 1.29 is 13.9 Å². The molecule has 1 aliphatic heterocycles. The monoisotopic (exact) mass is 396 g/mol. The molecule has 2 N–H and O–H groups in total. The van der Waals surface area contributed by atoms with Crippen LogP contribution in [0.5, 0.6) is 0 Å². The average molecular weight is 397 g/mol. The summed E-state index contributed by atoms with van der Waals surface area (Å²) in [7, 11) is 0. The van der Waals surface area contributed by atoms with Crippen LogP contribution in [0.1, 0.15) is 31.2 Å². The van der Waals surface area contributed by atoms with E-state index in [1.165, 1.54) is 6.07 Å². The first kappa shape index (κ1) is 19.8. The number of aryl methyl sites for hydroxylation is 1. The van der Waals surface area contributed by atoms with Crippen LogP contribution in [0.25, 0.3) is 0 Å². The third-order valence-electron chi connectivity index (χ3n) is 4.97. The summed E-state index contributed by atoms with van der Waals surface area (Å²) in [5, 5.41) is 12.2. The van der Waals surface area contributed by atoms with Gasteiger partial charge >= 0.3 is 0 Å². The maximum atomic E-state index is 13.9. The zero-order chi connectivity index (χ0) is 19.6. The molecule has 1 atom stereocenters. The van der Waals surface area contributed by atoms with Crippen molar-refractivity contribution in [2.75, 3.05) is 29.9 Å². The van der Waals surface area contributed by atoms with Gasteiger partial charge in [0.05, 0.1) is 5.02 Å². The lowest BCUT2D eigenvalue weighted by Gasteiger charge is -2.24. The summed E-state index contributed by atoms with van der Waals surface area (Å²) in [6.45, 7) is 5.93. The smallest absolute Gasteiger partial charge is 0.144 e. The van der Waals surface area contributed by atoms with Gasteiger partial charge in [-0.3, -0.25) is 0 Å². The van der Waals surface area contributed by atoms with E-state index < -0.39 is 11.6 Å². The molecule has 8 heteroatoms. The van der Waals surface area contributed by atoms with Crippen LogP contribution in [0.15, 0.2) is 18.2 Å². The number of aliphatic hydroxyl groups is 1. The number of rotatable bonds is 6. The third kappa shape index (κ3) is 4.65. The summed E-state index contributed by atoms with van der Waals surface area (Å²) in [6, 6.07) is 3.87. The topological polar surface area (TPSA) is 61.3 Å². The first-order valence-corrected chi connectivity index (χ1v) is 9.26. The van der Waals surface area contributed by atoms with Crippen molar-refractivity contribution in [1.29, 1.82) is 0 Å². The third-order valence-corrected chi connectivity index (χ3v) is 5.26. The fourth-order valence-corrected chi connectivity index (χ4v) is 3.57. The molecule has 2 aromatic rings. The molecule has 1 aromatic heterocycles. The molecule has 146 valence electrons. The van der Waals surface area contributed by atoms with E-state index in [0.717, 1.165) is 37.8 Å². The Labute approximate surface area is 162 Å². The van der Waals surface area contributed by atoms with E-state index in [9.17, 15) is 13.9 Å². The normalized spacial score (nSPS) is 19.6. The van der Waals surface area contributed by atoms with Crippen molar-refractivity contribution in [2.45, 2.75) is 33.2 Å². The van der Waals surface area contributed by atoms with E-state index >= 15 is 0 Å². The highest BCUT2D eigenvalue weighted by Crippen LogP contribution is 2.35. The maximum Gasteiger partial charge on any atom is 0.144 e. The van der Waals surface area contributed by atoms with Gasteiger partial charge in [0.1, 0.15) is 29.1 Å². The van der Waals surface area contributed by atoms with Crippen LogP contribution in [-0.2, 0) is 6.54 Å². The Morgan fingerprint density at radius 3 is 2.78 bits per heavy atom. The number of benzene rings is 1. The van der Waals surface area contributed by atoms with Gasteiger partial charge in [0.15, 0.2) is 0 Å². The largest absolute Gasteiger partial charge is 0.396 e. The number of anilines is 2. The quantitative estimate of drug-likeness (QED) is 0.724. The standard InChI is InChI=1S/C19H23ClF2N4O/c1-12-24-17(23-10-13-7-14(20)16(22)8-15(13)21)9-18(25-12)26-5-3-19(2,11-26)4-6-27/h7-9,27H,3-6,10-11H2,1-2H3,(H,23,24,25). The molecule has 2 heterocycles. The fraction of sp³-hybridized carbons (Fsp3) is 0.474. The maximum absolute atomic E-state index is 13.9. The minimum absolute atomic E-state index is 0.0647. The lowest BCUT2D eigenvalue weighted by Crippen LogP contribution is -2.26. The number of hydrogen-bond acceptors (Lipinski definition) is 5. The summed E-state index contributed by atoms with van der Waals surface area (Å²) in [5.41, 5.74) is 0.325. The van der Waals surface area contributed by atoms with Gasteiger partial charge in [0.25, 0.3) is 0 Å². The second kappa shape index (κ2) is 7.94. The molecule has 0 amide bonds. The van der Waals surface area contributed by atoms with Gasteiger partial charge < -0.3 is 15.3 Å². The Balaban J connectivity index is 1.74. The molecule has 1 aliphatic rings. The van der Waals surface area contributed by atoms with Gasteiger partial charge in [-0.2, -0.15) is 0 Å². The fourth-order valence-electron chi connectivity index (χ4n) is 3.38. The molecule has 1 aromatic carbocycles. The molecule has 0 radical (unpaired) electrons. The molecular weight excluding hydrogens is 374 g/mol. The van der Waals surface area contributed by atoms with Crippen molar-refractivity contribution in [3.63, 3.8) is 0 Å². The number of aliphatic hydroxyl groups excluding tert-OH is 1. The SMILES string of the molecule is Cc1nc(NCc2cc(Cl)c(F)cc2F)cc(N2CCC(C)(CCO)C2)n1. The summed E-state index contributed by atoms with van der Waals surface area (Å²) in [4.78, 5) is 11.0. The molecule has 3 rings (SSSR count). The predicted octanol–water partition coefficient (Wildman–Crippen LogP) is 3.93. The number of aromatic nitrogens is 2. The van der Waals surface area contributed by atoms with Gasteiger partial charge in [-0.05, 0) is 31.2 Å². The van der Waals surface area contributed by atoms with Crippen LogP contribution >= 0.6 is 11.6 Å². The summed E-state index contributed by atoms with van der Waals surface area (Å²) in [6.07, 6.45) is 1.74. The summed E-state index contributed by atoms with van der Waals surface area (Å²) in [5.74, 6) is 0.522. The highest BCUT2D eigenvalue weighted by Gasteiger charge is 2.34. The van der Waals surface area contributed by atoms with Gasteiger partial charge in [-0.15, -0.1) is 0 Å². The molecule has 1 unspecified atom stereocenters. The van der Waals surface area contributed by atoms with Crippen LogP contribution in [0.3, 0.4) is 0 Å². The number of nitrogens with one attached hydrogen (secondary N) is 1. The Morgan fingerprint density at radius 1 is 1.26 bits per heavy atom. The molecule has 27 heavy (non-hydrogen) atoms. The van der Waals surface area contributed by atoms with Gasteiger partial charge in [0.2, 0.25) is 0 Å². The minimum atomic E-state index is -0.780. The molecule has 0 aliphatic carbocycles. The zero-order valence-corrected chi connectivity index (χ0v) is 16.2. The number of hydrogen-bond donors (Lipinski definition) is 2. The zero-order valence-electron chi connectivity index (χ0n) is 15.4. The van der Waals surface area contributed by atoms with Crippen LogP contribution in [-0.4, -0.2) is 34.8 Å². The van der Waals surface area contributed by atoms with Gasteiger partial charge in [-0.1, -0.05) is 18.5 Å². The molecule has 5 nitrogen and oxygen atoms in total. The van der Waals surface area contributed by atoms with E-state index in [1.807, 2.05) is 6.07 Å². The van der Waals surface area contributed by atoms with Gasteiger partial charge in [0, 0.05) is 43.9 Å².